The molecule has 0 atom stereocenters. The molecular formula is C21H13Cl2FN4O. The molecule has 5 nitrogen and oxygen atoms in total. The van der Waals surface area contributed by atoms with Crippen molar-refractivity contribution in [3.05, 3.63) is 87.7 Å². The molecule has 0 saturated carbocycles. The largest absolute Gasteiger partial charge is 0.338 e. The standard InChI is InChI=1S/C21H13Cl2FN4O/c22-15-5-2-1-4-13(15)20-26-18-9-8-12(10-19(18)27-20)21(29)28-25-11-14-16(23)6-3-7-17(14)24/h1-11H,(H,26,27)(H,28,29)/b25-11+. The number of carbonyl (C=O) groups is 1. The van der Waals surface area contributed by atoms with Gasteiger partial charge in [0, 0.05) is 16.7 Å². The van der Waals surface area contributed by atoms with Crippen molar-refractivity contribution < 1.29 is 9.18 Å². The normalized spacial score (nSPS) is 11.3. The van der Waals surface area contributed by atoms with Gasteiger partial charge in [-0.05, 0) is 42.5 Å². The second-order valence-electron chi connectivity index (χ2n) is 6.13. The van der Waals surface area contributed by atoms with E-state index in [4.69, 9.17) is 23.2 Å². The highest BCUT2D eigenvalue weighted by Crippen LogP contribution is 2.27. The molecule has 0 aliphatic rings. The molecule has 1 aromatic heterocycles. The van der Waals surface area contributed by atoms with Crippen molar-refractivity contribution in [2.24, 2.45) is 5.10 Å². The lowest BCUT2D eigenvalue weighted by Gasteiger charge is -2.01. The number of amides is 1. The van der Waals surface area contributed by atoms with Crippen LogP contribution < -0.4 is 5.43 Å². The number of carbonyl (C=O) groups excluding carboxylic acids is 1. The van der Waals surface area contributed by atoms with Crippen LogP contribution >= 0.6 is 23.2 Å². The first kappa shape index (κ1) is 19.1. The fourth-order valence-electron chi connectivity index (χ4n) is 2.79. The third kappa shape index (κ3) is 3.99. The molecule has 1 amide bonds. The first-order chi connectivity index (χ1) is 14.0. The monoisotopic (exact) mass is 426 g/mol. The van der Waals surface area contributed by atoms with Gasteiger partial charge in [0.1, 0.15) is 11.6 Å². The van der Waals surface area contributed by atoms with Crippen LogP contribution in [0.25, 0.3) is 22.4 Å². The van der Waals surface area contributed by atoms with E-state index in [2.05, 4.69) is 20.5 Å². The zero-order chi connectivity index (χ0) is 20.4. The van der Waals surface area contributed by atoms with E-state index in [1.54, 1.807) is 24.3 Å². The molecule has 0 radical (unpaired) electrons. The number of H-pyrrole nitrogens is 1. The SMILES string of the molecule is O=C(N/N=C/c1c(F)cccc1Cl)c1ccc2nc(-c3ccccc3Cl)[nH]c2c1. The third-order valence-electron chi connectivity index (χ3n) is 4.23. The van der Waals surface area contributed by atoms with Gasteiger partial charge in [0.2, 0.25) is 0 Å². The summed E-state index contributed by atoms with van der Waals surface area (Å²) in [6, 6.07) is 16.6. The third-order valence-corrected chi connectivity index (χ3v) is 4.89. The summed E-state index contributed by atoms with van der Waals surface area (Å²) in [4.78, 5) is 20.0. The van der Waals surface area contributed by atoms with Gasteiger partial charge in [0.15, 0.2) is 0 Å². The highest BCUT2D eigenvalue weighted by Gasteiger charge is 2.11. The number of halogens is 3. The smallest absolute Gasteiger partial charge is 0.271 e. The lowest BCUT2D eigenvalue weighted by atomic mass is 10.2. The van der Waals surface area contributed by atoms with Gasteiger partial charge in [-0.25, -0.2) is 14.8 Å². The number of hydrazone groups is 1. The number of hydrogen-bond acceptors (Lipinski definition) is 3. The van der Waals surface area contributed by atoms with E-state index in [-0.39, 0.29) is 10.6 Å². The summed E-state index contributed by atoms with van der Waals surface area (Å²) in [7, 11) is 0. The average molecular weight is 427 g/mol. The second kappa shape index (κ2) is 8.03. The van der Waals surface area contributed by atoms with Crippen molar-refractivity contribution in [3.63, 3.8) is 0 Å². The van der Waals surface area contributed by atoms with Crippen LogP contribution in [0.3, 0.4) is 0 Å². The van der Waals surface area contributed by atoms with Gasteiger partial charge in [-0.3, -0.25) is 4.79 Å². The Labute approximate surface area is 175 Å². The zero-order valence-electron chi connectivity index (χ0n) is 14.8. The maximum absolute atomic E-state index is 13.7. The highest BCUT2D eigenvalue weighted by atomic mass is 35.5. The lowest BCUT2D eigenvalue weighted by molar-refractivity contribution is 0.0955. The Morgan fingerprint density at radius 2 is 1.86 bits per heavy atom. The molecule has 29 heavy (non-hydrogen) atoms. The van der Waals surface area contributed by atoms with Crippen LogP contribution in [-0.2, 0) is 0 Å². The van der Waals surface area contributed by atoms with E-state index >= 15 is 0 Å². The number of aromatic amines is 1. The minimum atomic E-state index is -0.526. The maximum Gasteiger partial charge on any atom is 0.271 e. The van der Waals surface area contributed by atoms with E-state index in [0.717, 1.165) is 5.56 Å². The Kier molecular flexibility index (Phi) is 5.29. The summed E-state index contributed by atoms with van der Waals surface area (Å²) in [5.41, 5.74) is 4.96. The van der Waals surface area contributed by atoms with E-state index in [9.17, 15) is 9.18 Å². The van der Waals surface area contributed by atoms with E-state index in [0.29, 0.717) is 27.4 Å². The minimum Gasteiger partial charge on any atom is -0.338 e. The molecule has 0 unspecified atom stereocenters. The zero-order valence-corrected chi connectivity index (χ0v) is 16.3. The Balaban J connectivity index is 1.55. The van der Waals surface area contributed by atoms with Crippen LogP contribution in [-0.4, -0.2) is 22.1 Å². The Morgan fingerprint density at radius 3 is 2.66 bits per heavy atom. The van der Waals surface area contributed by atoms with Crippen LogP contribution in [0.1, 0.15) is 15.9 Å². The molecule has 4 rings (SSSR count). The quantitative estimate of drug-likeness (QED) is 0.336. The van der Waals surface area contributed by atoms with Crippen molar-refractivity contribution in [1.29, 1.82) is 0 Å². The number of nitrogens with one attached hydrogen (secondary N) is 2. The fourth-order valence-corrected chi connectivity index (χ4v) is 3.22. The molecule has 3 aromatic carbocycles. The summed E-state index contributed by atoms with van der Waals surface area (Å²) in [6.07, 6.45) is 1.17. The Hall–Kier alpha value is -3.22. The molecule has 0 aliphatic heterocycles. The number of hydrogen-bond donors (Lipinski definition) is 2. The first-order valence-electron chi connectivity index (χ1n) is 8.55. The number of aromatic nitrogens is 2. The topological polar surface area (TPSA) is 70.1 Å². The molecule has 0 aliphatic carbocycles. The van der Waals surface area contributed by atoms with Crippen molar-refractivity contribution in [2.75, 3.05) is 0 Å². The maximum atomic E-state index is 13.7. The highest BCUT2D eigenvalue weighted by molar-refractivity contribution is 6.33. The van der Waals surface area contributed by atoms with Gasteiger partial charge in [0.25, 0.3) is 5.91 Å². The predicted octanol–water partition coefficient (Wildman–Crippen LogP) is 5.44. The number of fused-ring (bicyclic) bond motifs is 1. The fraction of sp³-hybridized carbons (Fsp3) is 0. The molecule has 144 valence electrons. The van der Waals surface area contributed by atoms with Crippen LogP contribution in [0, 0.1) is 5.82 Å². The molecule has 2 N–H and O–H groups in total. The van der Waals surface area contributed by atoms with Gasteiger partial charge >= 0.3 is 0 Å². The first-order valence-corrected chi connectivity index (χ1v) is 9.30. The van der Waals surface area contributed by atoms with E-state index in [1.165, 1.54) is 24.4 Å². The van der Waals surface area contributed by atoms with Crippen LogP contribution in [0.4, 0.5) is 4.39 Å². The predicted molar refractivity (Wildman–Crippen MR) is 113 cm³/mol. The second-order valence-corrected chi connectivity index (χ2v) is 6.95. The molecule has 0 fully saturated rings. The van der Waals surface area contributed by atoms with Crippen LogP contribution in [0.5, 0.6) is 0 Å². The average Bonchev–Trinajstić information content (AvgIpc) is 3.13. The van der Waals surface area contributed by atoms with Crippen molar-refractivity contribution in [1.82, 2.24) is 15.4 Å². The number of imidazole rings is 1. The molecule has 4 aromatic rings. The lowest BCUT2D eigenvalue weighted by Crippen LogP contribution is -2.17. The number of benzene rings is 3. The summed E-state index contributed by atoms with van der Waals surface area (Å²) < 4.78 is 13.7. The molecule has 1 heterocycles. The minimum absolute atomic E-state index is 0.0999. The number of rotatable bonds is 4. The Bertz CT molecular complexity index is 1230. The molecule has 0 saturated heterocycles. The van der Waals surface area contributed by atoms with Crippen LogP contribution in [0.15, 0.2) is 65.8 Å². The Morgan fingerprint density at radius 1 is 1.07 bits per heavy atom. The van der Waals surface area contributed by atoms with Gasteiger partial charge in [-0.15, -0.1) is 0 Å². The van der Waals surface area contributed by atoms with Crippen molar-refractivity contribution >= 4 is 46.4 Å². The van der Waals surface area contributed by atoms with Gasteiger partial charge in [0.05, 0.1) is 27.3 Å². The van der Waals surface area contributed by atoms with Crippen molar-refractivity contribution in [3.8, 4) is 11.4 Å². The van der Waals surface area contributed by atoms with E-state index < -0.39 is 11.7 Å². The summed E-state index contributed by atoms with van der Waals surface area (Å²) in [6.45, 7) is 0. The van der Waals surface area contributed by atoms with E-state index in [1.807, 2.05) is 18.2 Å². The molecule has 8 heteroatoms. The van der Waals surface area contributed by atoms with Crippen LogP contribution in [0.2, 0.25) is 10.0 Å². The summed E-state index contributed by atoms with van der Waals surface area (Å²) in [5.74, 6) is -0.374. The summed E-state index contributed by atoms with van der Waals surface area (Å²) >= 11 is 12.1. The van der Waals surface area contributed by atoms with Gasteiger partial charge in [-0.2, -0.15) is 5.10 Å². The molecular weight excluding hydrogens is 414 g/mol. The molecule has 0 bridgehead atoms. The van der Waals surface area contributed by atoms with Gasteiger partial charge < -0.3 is 4.98 Å². The molecule has 0 spiro atoms. The number of nitrogens with zero attached hydrogens (tertiary/aromatic N) is 2. The summed E-state index contributed by atoms with van der Waals surface area (Å²) in [5, 5.41) is 4.57. The van der Waals surface area contributed by atoms with Crippen molar-refractivity contribution in [2.45, 2.75) is 0 Å². The van der Waals surface area contributed by atoms with Gasteiger partial charge in [-0.1, -0.05) is 41.4 Å².